The van der Waals surface area contributed by atoms with Gasteiger partial charge in [0, 0.05) is 20.8 Å². The van der Waals surface area contributed by atoms with Gasteiger partial charge in [-0.25, -0.2) is 4.39 Å². The quantitative estimate of drug-likeness (QED) is 0.678. The number of hydrogen-bond donors (Lipinski definition) is 1. The Morgan fingerprint density at radius 2 is 1.95 bits per heavy atom. The molecule has 2 rings (SSSR count). The molecule has 0 spiro atoms. The van der Waals surface area contributed by atoms with Crippen LogP contribution in [0.5, 0.6) is 0 Å². The van der Waals surface area contributed by atoms with Crippen molar-refractivity contribution in [3.8, 4) is 0 Å². The van der Waals surface area contributed by atoms with Gasteiger partial charge >= 0.3 is 0 Å². The molecule has 0 saturated heterocycles. The number of rotatable bonds is 6. The Hall–Kier alpha value is -0.980. The smallest absolute Gasteiger partial charge is 0.234 e. The van der Waals surface area contributed by atoms with Crippen LogP contribution in [0.25, 0.3) is 0 Å². The fourth-order valence-corrected chi connectivity index (χ4v) is 3.32. The van der Waals surface area contributed by atoms with Crippen molar-refractivity contribution in [1.29, 1.82) is 0 Å². The molecule has 0 saturated carbocycles. The summed E-state index contributed by atoms with van der Waals surface area (Å²) in [7, 11) is 0. The molecule has 0 fully saturated rings. The summed E-state index contributed by atoms with van der Waals surface area (Å²) in [4.78, 5) is 13.0. The lowest BCUT2D eigenvalue weighted by atomic mass is 10.2. The van der Waals surface area contributed by atoms with Gasteiger partial charge in [0.1, 0.15) is 5.82 Å². The third-order valence-electron chi connectivity index (χ3n) is 2.88. The van der Waals surface area contributed by atoms with E-state index in [1.54, 1.807) is 23.9 Å². The minimum absolute atomic E-state index is 0.0839. The first-order valence-electron chi connectivity index (χ1n) is 6.54. The van der Waals surface area contributed by atoms with Crippen LogP contribution in [-0.2, 0) is 10.5 Å². The van der Waals surface area contributed by atoms with Gasteiger partial charge in [0.15, 0.2) is 0 Å². The first-order chi connectivity index (χ1) is 10.6. The lowest BCUT2D eigenvalue weighted by Crippen LogP contribution is -2.14. The van der Waals surface area contributed by atoms with Crippen molar-refractivity contribution >= 4 is 51.0 Å². The van der Waals surface area contributed by atoms with Gasteiger partial charge in [-0.1, -0.05) is 22.0 Å². The van der Waals surface area contributed by atoms with Gasteiger partial charge < -0.3 is 5.32 Å². The van der Waals surface area contributed by atoms with Crippen molar-refractivity contribution in [2.75, 3.05) is 17.3 Å². The van der Waals surface area contributed by atoms with Crippen LogP contribution in [0.1, 0.15) is 5.56 Å². The lowest BCUT2D eigenvalue weighted by molar-refractivity contribution is -0.113. The number of carbonyl (C=O) groups excluding carboxylic acids is 1. The number of benzene rings is 2. The zero-order valence-corrected chi connectivity index (χ0v) is 15.2. The average Bonchev–Trinajstić information content (AvgIpc) is 2.50. The van der Waals surface area contributed by atoms with Crippen molar-refractivity contribution in [3.05, 3.63) is 58.3 Å². The van der Waals surface area contributed by atoms with Gasteiger partial charge in [0.25, 0.3) is 0 Å². The third kappa shape index (κ3) is 5.34. The van der Waals surface area contributed by atoms with Crippen molar-refractivity contribution in [3.63, 3.8) is 0 Å². The summed E-state index contributed by atoms with van der Waals surface area (Å²) in [6.45, 7) is 0. The maximum Gasteiger partial charge on any atom is 0.234 e. The van der Waals surface area contributed by atoms with Crippen molar-refractivity contribution < 1.29 is 9.18 Å². The third-order valence-corrected chi connectivity index (χ3v) is 5.10. The van der Waals surface area contributed by atoms with Gasteiger partial charge in [-0.3, -0.25) is 4.79 Å². The van der Waals surface area contributed by atoms with Gasteiger partial charge in [-0.15, -0.1) is 23.5 Å². The number of hydrogen-bond acceptors (Lipinski definition) is 3. The predicted octanol–water partition coefficient (Wildman–Crippen LogP) is 5.18. The van der Waals surface area contributed by atoms with E-state index in [0.29, 0.717) is 21.5 Å². The van der Waals surface area contributed by atoms with E-state index in [1.165, 1.54) is 17.8 Å². The normalized spacial score (nSPS) is 10.5. The molecular weight excluding hydrogens is 385 g/mol. The topological polar surface area (TPSA) is 29.1 Å². The number of thioether (sulfide) groups is 2. The summed E-state index contributed by atoms with van der Waals surface area (Å²) >= 11 is 6.27. The summed E-state index contributed by atoms with van der Waals surface area (Å²) in [6.07, 6.45) is 2.01. The van der Waals surface area contributed by atoms with Crippen LogP contribution < -0.4 is 5.32 Å². The molecule has 1 N–H and O–H groups in total. The summed E-state index contributed by atoms with van der Waals surface area (Å²) in [6, 6.07) is 12.6. The summed E-state index contributed by atoms with van der Waals surface area (Å²) in [5.41, 5.74) is 1.38. The monoisotopic (exact) mass is 399 g/mol. The highest BCUT2D eigenvalue weighted by Gasteiger charge is 2.06. The zero-order valence-electron chi connectivity index (χ0n) is 11.9. The van der Waals surface area contributed by atoms with Crippen LogP contribution in [-0.4, -0.2) is 17.9 Å². The predicted molar refractivity (Wildman–Crippen MR) is 97.1 cm³/mol. The second-order valence-electron chi connectivity index (χ2n) is 4.51. The molecule has 0 heterocycles. The minimum atomic E-state index is -0.255. The molecular formula is C16H15BrFNOS2. The number of nitrogens with one attached hydrogen (secondary N) is 1. The second-order valence-corrected chi connectivity index (χ2v) is 7.29. The SMILES string of the molecule is CSc1ccc(NC(=O)CSCc2ccc(Br)cc2F)cc1. The Bertz CT molecular complexity index is 649. The Kier molecular flexibility index (Phi) is 6.79. The highest BCUT2D eigenvalue weighted by Crippen LogP contribution is 2.21. The summed E-state index contributed by atoms with van der Waals surface area (Å²) in [5, 5.41) is 2.83. The molecule has 22 heavy (non-hydrogen) atoms. The van der Waals surface area contributed by atoms with E-state index in [0.717, 1.165) is 10.6 Å². The number of halogens is 2. The van der Waals surface area contributed by atoms with Gasteiger partial charge in [0.05, 0.1) is 5.75 Å². The zero-order chi connectivity index (χ0) is 15.9. The molecule has 0 bridgehead atoms. The van der Waals surface area contributed by atoms with E-state index in [1.807, 2.05) is 30.5 Å². The maximum atomic E-state index is 13.6. The first-order valence-corrected chi connectivity index (χ1v) is 9.71. The van der Waals surface area contributed by atoms with Crippen LogP contribution in [0.15, 0.2) is 51.8 Å². The van der Waals surface area contributed by atoms with Crippen LogP contribution in [0, 0.1) is 5.82 Å². The highest BCUT2D eigenvalue weighted by molar-refractivity contribution is 9.10. The van der Waals surface area contributed by atoms with E-state index < -0.39 is 0 Å². The molecule has 0 aromatic heterocycles. The summed E-state index contributed by atoms with van der Waals surface area (Å²) in [5.74, 6) is 0.423. The van der Waals surface area contributed by atoms with E-state index >= 15 is 0 Å². The molecule has 2 aromatic rings. The molecule has 0 atom stereocenters. The first kappa shape index (κ1) is 17.4. The molecule has 1 amide bonds. The highest BCUT2D eigenvalue weighted by atomic mass is 79.9. The molecule has 0 unspecified atom stereocenters. The molecule has 6 heteroatoms. The van der Waals surface area contributed by atoms with E-state index in [2.05, 4.69) is 21.2 Å². The Labute approximate surface area is 146 Å². The van der Waals surface area contributed by atoms with Crippen molar-refractivity contribution in [2.45, 2.75) is 10.6 Å². The Balaban J connectivity index is 1.79. The maximum absolute atomic E-state index is 13.6. The van der Waals surface area contributed by atoms with Crippen molar-refractivity contribution in [1.82, 2.24) is 0 Å². The van der Waals surface area contributed by atoms with Gasteiger partial charge in [0.2, 0.25) is 5.91 Å². The standard InChI is InChI=1S/C16H15BrFNOS2/c1-21-14-6-4-13(5-7-14)19-16(20)10-22-9-11-2-3-12(17)8-15(11)18/h2-8H,9-10H2,1H3,(H,19,20). The number of anilines is 1. The fraction of sp³-hybridized carbons (Fsp3) is 0.188. The minimum Gasteiger partial charge on any atom is -0.325 e. The Morgan fingerprint density at radius 1 is 1.23 bits per heavy atom. The van der Waals surface area contributed by atoms with Crippen LogP contribution >= 0.6 is 39.5 Å². The number of amides is 1. The molecule has 0 aliphatic heterocycles. The number of carbonyl (C=O) groups is 1. The largest absolute Gasteiger partial charge is 0.325 e. The summed E-state index contributed by atoms with van der Waals surface area (Å²) < 4.78 is 14.4. The molecule has 0 aliphatic carbocycles. The van der Waals surface area contributed by atoms with Crippen LogP contribution in [0.3, 0.4) is 0 Å². The molecule has 116 valence electrons. The van der Waals surface area contributed by atoms with E-state index in [4.69, 9.17) is 0 Å². The lowest BCUT2D eigenvalue weighted by Gasteiger charge is -2.06. The second kappa shape index (κ2) is 8.60. The van der Waals surface area contributed by atoms with Gasteiger partial charge in [-0.05, 0) is 48.2 Å². The molecule has 0 aliphatic rings. The van der Waals surface area contributed by atoms with Crippen molar-refractivity contribution in [2.24, 2.45) is 0 Å². The molecule has 0 radical (unpaired) electrons. The van der Waals surface area contributed by atoms with E-state index in [-0.39, 0.29) is 11.7 Å². The fourth-order valence-electron chi connectivity index (χ4n) is 1.76. The molecule has 2 aromatic carbocycles. The average molecular weight is 400 g/mol. The molecule has 2 nitrogen and oxygen atoms in total. The van der Waals surface area contributed by atoms with E-state index in [9.17, 15) is 9.18 Å². The van der Waals surface area contributed by atoms with Crippen LogP contribution in [0.4, 0.5) is 10.1 Å². The van der Waals surface area contributed by atoms with Gasteiger partial charge in [-0.2, -0.15) is 0 Å². The Morgan fingerprint density at radius 3 is 2.59 bits per heavy atom. The van der Waals surface area contributed by atoms with Crippen LogP contribution in [0.2, 0.25) is 0 Å².